The van der Waals surface area contributed by atoms with Crippen molar-refractivity contribution in [1.82, 2.24) is 29.9 Å². The fourth-order valence-corrected chi connectivity index (χ4v) is 4.32. The number of nitrogens with one attached hydrogen (secondary N) is 1. The van der Waals surface area contributed by atoms with E-state index in [1.165, 1.54) is 32.1 Å². The fourth-order valence-electron chi connectivity index (χ4n) is 4.32. The number of carbonyl (C=O) groups is 2. The Morgan fingerprint density at radius 1 is 1.28 bits per heavy atom. The Morgan fingerprint density at radius 2 is 2.07 bits per heavy atom. The molecule has 2 fully saturated rings. The van der Waals surface area contributed by atoms with Gasteiger partial charge in [-0.05, 0) is 37.5 Å². The minimum absolute atomic E-state index is 0.112. The molecule has 0 saturated heterocycles. The third-order valence-corrected chi connectivity index (χ3v) is 6.52. The summed E-state index contributed by atoms with van der Waals surface area (Å²) in [5.41, 5.74) is 1.32. The largest absolute Gasteiger partial charge is 0.337 e. The van der Waals surface area contributed by atoms with E-state index in [2.05, 4.69) is 27.4 Å². The van der Waals surface area contributed by atoms with Gasteiger partial charge in [-0.1, -0.05) is 13.3 Å². The van der Waals surface area contributed by atoms with Crippen LogP contribution in [0.5, 0.6) is 0 Å². The van der Waals surface area contributed by atoms with Gasteiger partial charge in [0.1, 0.15) is 18.2 Å². The average Bonchev–Trinajstić information content (AvgIpc) is 3.30. The number of amides is 2. The van der Waals surface area contributed by atoms with E-state index in [1.807, 2.05) is 10.7 Å². The molecule has 5 rings (SSSR count). The Hall–Kier alpha value is -2.71. The standard InChI is InChI=1S/C20H27N7O2/c1-20(7-3-8-20)11-26-12-21-17(24-26)18(28)22-14-6-9-27-16(25(2)19(14)29)10-15(23-27)13-4-5-13/h10,12-14H,3-9,11H2,1-2H3,(H,22,28)/t14-/m0/s1. The van der Waals surface area contributed by atoms with Gasteiger partial charge in [-0.3, -0.25) is 19.2 Å². The first-order chi connectivity index (χ1) is 13.9. The van der Waals surface area contributed by atoms with Gasteiger partial charge < -0.3 is 5.32 Å². The van der Waals surface area contributed by atoms with Crippen molar-refractivity contribution in [2.45, 2.75) is 70.5 Å². The highest BCUT2D eigenvalue weighted by atomic mass is 16.2. The normalized spacial score (nSPS) is 23.3. The molecule has 3 aliphatic rings. The molecule has 1 atom stereocenters. The zero-order valence-corrected chi connectivity index (χ0v) is 17.0. The van der Waals surface area contributed by atoms with Crippen LogP contribution in [0.25, 0.3) is 0 Å². The summed E-state index contributed by atoms with van der Waals surface area (Å²) in [6, 6.07) is 1.39. The second-order valence-electron chi connectivity index (χ2n) is 9.07. The lowest BCUT2D eigenvalue weighted by Crippen LogP contribution is -2.47. The number of likely N-dealkylation sites (N-methyl/N-ethyl adjacent to an activating group) is 1. The first kappa shape index (κ1) is 18.3. The lowest BCUT2D eigenvalue weighted by Gasteiger charge is -2.37. The number of anilines is 1. The van der Waals surface area contributed by atoms with Crippen LogP contribution in [0.15, 0.2) is 12.4 Å². The molecule has 2 amide bonds. The molecule has 2 aromatic heterocycles. The minimum atomic E-state index is -0.616. The Labute approximate surface area is 169 Å². The monoisotopic (exact) mass is 397 g/mol. The molecule has 2 saturated carbocycles. The number of aromatic nitrogens is 5. The lowest BCUT2D eigenvalue weighted by atomic mass is 9.70. The van der Waals surface area contributed by atoms with Crippen LogP contribution < -0.4 is 10.2 Å². The predicted molar refractivity (Wildman–Crippen MR) is 105 cm³/mol. The van der Waals surface area contributed by atoms with Crippen molar-refractivity contribution < 1.29 is 9.59 Å². The number of hydrogen-bond donors (Lipinski definition) is 1. The third kappa shape index (κ3) is 3.42. The van der Waals surface area contributed by atoms with E-state index in [0.717, 1.165) is 18.1 Å². The molecule has 9 nitrogen and oxygen atoms in total. The zero-order valence-electron chi connectivity index (χ0n) is 17.0. The van der Waals surface area contributed by atoms with Crippen molar-refractivity contribution in [1.29, 1.82) is 0 Å². The number of rotatable bonds is 5. The highest BCUT2D eigenvalue weighted by Crippen LogP contribution is 2.42. The van der Waals surface area contributed by atoms with Gasteiger partial charge in [0.2, 0.25) is 5.82 Å². The Kier molecular flexibility index (Phi) is 4.22. The highest BCUT2D eigenvalue weighted by molar-refractivity contribution is 6.00. The summed E-state index contributed by atoms with van der Waals surface area (Å²) in [6.07, 6.45) is 8.04. The maximum Gasteiger partial charge on any atom is 0.291 e. The van der Waals surface area contributed by atoms with E-state index in [1.54, 1.807) is 23.0 Å². The van der Waals surface area contributed by atoms with Crippen molar-refractivity contribution in [3.05, 3.63) is 23.9 Å². The number of nitrogens with zero attached hydrogens (tertiary/aromatic N) is 6. The zero-order chi connectivity index (χ0) is 20.2. The number of aryl methyl sites for hydroxylation is 1. The van der Waals surface area contributed by atoms with Gasteiger partial charge in [0.25, 0.3) is 11.8 Å². The van der Waals surface area contributed by atoms with Gasteiger partial charge in [0, 0.05) is 32.1 Å². The molecule has 1 N–H and O–H groups in total. The Balaban J connectivity index is 1.25. The summed E-state index contributed by atoms with van der Waals surface area (Å²) in [5.74, 6) is 0.899. The second-order valence-corrected chi connectivity index (χ2v) is 9.07. The van der Waals surface area contributed by atoms with Crippen LogP contribution >= 0.6 is 0 Å². The maximum atomic E-state index is 12.9. The van der Waals surface area contributed by atoms with Gasteiger partial charge in [-0.2, -0.15) is 5.10 Å². The van der Waals surface area contributed by atoms with Gasteiger partial charge in [-0.25, -0.2) is 9.67 Å². The number of fused-ring (bicyclic) bond motifs is 1. The quantitative estimate of drug-likeness (QED) is 0.828. The van der Waals surface area contributed by atoms with Crippen molar-refractivity contribution in [3.63, 3.8) is 0 Å². The van der Waals surface area contributed by atoms with E-state index >= 15 is 0 Å². The number of carbonyl (C=O) groups excluding carboxylic acids is 2. The molecular weight excluding hydrogens is 370 g/mol. The molecular formula is C20H27N7O2. The lowest BCUT2D eigenvalue weighted by molar-refractivity contribution is -0.120. The molecule has 3 heterocycles. The van der Waals surface area contributed by atoms with Crippen molar-refractivity contribution in [2.75, 3.05) is 11.9 Å². The van der Waals surface area contributed by atoms with E-state index in [-0.39, 0.29) is 17.1 Å². The van der Waals surface area contributed by atoms with Crippen LogP contribution in [-0.2, 0) is 17.9 Å². The molecule has 0 bridgehead atoms. The first-order valence-electron chi connectivity index (χ1n) is 10.5. The summed E-state index contributed by atoms with van der Waals surface area (Å²) in [4.78, 5) is 31.3. The van der Waals surface area contributed by atoms with Crippen molar-refractivity contribution in [2.24, 2.45) is 5.41 Å². The number of hydrogen-bond acceptors (Lipinski definition) is 5. The average molecular weight is 397 g/mol. The molecule has 9 heteroatoms. The van der Waals surface area contributed by atoms with Crippen LogP contribution in [0.1, 0.15) is 67.7 Å². The maximum absolute atomic E-state index is 12.9. The molecule has 0 spiro atoms. The van der Waals surface area contributed by atoms with Crippen LogP contribution in [0, 0.1) is 5.41 Å². The first-order valence-corrected chi connectivity index (χ1v) is 10.5. The minimum Gasteiger partial charge on any atom is -0.337 e. The molecule has 1 aliphatic heterocycles. The molecule has 0 radical (unpaired) electrons. The van der Waals surface area contributed by atoms with Gasteiger partial charge in [0.15, 0.2) is 0 Å². The van der Waals surface area contributed by atoms with E-state index < -0.39 is 11.9 Å². The summed E-state index contributed by atoms with van der Waals surface area (Å²) in [7, 11) is 1.74. The molecule has 29 heavy (non-hydrogen) atoms. The smallest absolute Gasteiger partial charge is 0.291 e. The SMILES string of the molecule is CN1C(=O)[C@@H](NC(=O)c2ncn(CC3(C)CCC3)n2)CCn2nc(C3CC3)cc21. The topological polar surface area (TPSA) is 97.9 Å². The third-order valence-electron chi connectivity index (χ3n) is 6.52. The summed E-state index contributed by atoms with van der Waals surface area (Å²) in [5, 5.41) is 11.8. The van der Waals surface area contributed by atoms with E-state index in [9.17, 15) is 9.59 Å². The molecule has 0 unspecified atom stereocenters. The van der Waals surface area contributed by atoms with Crippen LogP contribution in [0.3, 0.4) is 0 Å². The fraction of sp³-hybridized carbons (Fsp3) is 0.650. The molecule has 154 valence electrons. The summed E-state index contributed by atoms with van der Waals surface area (Å²) in [6.45, 7) is 3.59. The van der Waals surface area contributed by atoms with E-state index in [0.29, 0.717) is 18.9 Å². The van der Waals surface area contributed by atoms with Crippen LogP contribution in [0.2, 0.25) is 0 Å². The second kappa shape index (κ2) is 6.67. The Bertz CT molecular complexity index is 954. The van der Waals surface area contributed by atoms with Gasteiger partial charge in [-0.15, -0.1) is 5.10 Å². The van der Waals surface area contributed by atoms with Gasteiger partial charge >= 0.3 is 0 Å². The predicted octanol–water partition coefficient (Wildman–Crippen LogP) is 1.71. The van der Waals surface area contributed by atoms with Crippen molar-refractivity contribution in [3.8, 4) is 0 Å². The van der Waals surface area contributed by atoms with Crippen LogP contribution in [0.4, 0.5) is 5.82 Å². The van der Waals surface area contributed by atoms with Crippen molar-refractivity contribution >= 4 is 17.6 Å². The molecule has 2 aromatic rings. The highest BCUT2D eigenvalue weighted by Gasteiger charge is 2.35. The molecule has 2 aliphatic carbocycles. The van der Waals surface area contributed by atoms with E-state index in [4.69, 9.17) is 0 Å². The summed E-state index contributed by atoms with van der Waals surface area (Å²) >= 11 is 0. The van der Waals surface area contributed by atoms with Crippen LogP contribution in [-0.4, -0.2) is 49.4 Å². The Morgan fingerprint density at radius 3 is 2.76 bits per heavy atom. The van der Waals surface area contributed by atoms with Gasteiger partial charge in [0.05, 0.1) is 5.69 Å². The summed E-state index contributed by atoms with van der Waals surface area (Å²) < 4.78 is 3.62. The molecule has 0 aromatic carbocycles.